The van der Waals surface area contributed by atoms with Crippen molar-refractivity contribution in [3.05, 3.63) is 48.3 Å². The second kappa shape index (κ2) is 8.24. The summed E-state index contributed by atoms with van der Waals surface area (Å²) in [7, 11) is 1.94. The molecule has 3 aromatic rings. The molecular formula is C21H23N5O2S. The van der Waals surface area contributed by atoms with E-state index in [1.165, 1.54) is 0 Å². The molecule has 0 saturated heterocycles. The average molecular weight is 410 g/mol. The van der Waals surface area contributed by atoms with Crippen molar-refractivity contribution in [1.29, 1.82) is 0 Å². The molecule has 1 aliphatic rings. The summed E-state index contributed by atoms with van der Waals surface area (Å²) in [5.41, 5.74) is 2.94. The van der Waals surface area contributed by atoms with Crippen LogP contribution in [0, 0.1) is 0 Å². The number of hydrogen-bond acceptors (Lipinski definition) is 6. The van der Waals surface area contributed by atoms with Crippen LogP contribution in [0.3, 0.4) is 0 Å². The van der Waals surface area contributed by atoms with Crippen LogP contribution in [-0.4, -0.2) is 31.4 Å². The Kier molecular flexibility index (Phi) is 5.53. The van der Waals surface area contributed by atoms with E-state index >= 15 is 0 Å². The van der Waals surface area contributed by atoms with Crippen molar-refractivity contribution >= 4 is 23.4 Å². The maximum absolute atomic E-state index is 13.0. The van der Waals surface area contributed by atoms with Crippen molar-refractivity contribution in [2.24, 2.45) is 7.05 Å². The quantitative estimate of drug-likeness (QED) is 0.588. The molecule has 0 unspecified atom stereocenters. The first kappa shape index (κ1) is 19.4. The van der Waals surface area contributed by atoms with Crippen LogP contribution >= 0.6 is 11.8 Å². The summed E-state index contributed by atoms with van der Waals surface area (Å²) >= 11 is 1.54. The molecule has 7 nitrogen and oxygen atoms in total. The number of nitrogens with zero attached hydrogens (tertiary/aromatic N) is 5. The molecule has 0 spiro atoms. The van der Waals surface area contributed by atoms with Crippen molar-refractivity contribution < 1.29 is 9.53 Å². The Morgan fingerprint density at radius 1 is 1.17 bits per heavy atom. The Balaban J connectivity index is 1.91. The van der Waals surface area contributed by atoms with Crippen LogP contribution in [0.4, 0.5) is 5.69 Å². The van der Waals surface area contributed by atoms with Gasteiger partial charge < -0.3 is 9.30 Å². The van der Waals surface area contributed by atoms with Crippen molar-refractivity contribution in [3.8, 4) is 17.1 Å². The van der Waals surface area contributed by atoms with Crippen LogP contribution in [-0.2, 0) is 11.8 Å². The number of thioether (sulfide) groups is 1. The van der Waals surface area contributed by atoms with E-state index in [9.17, 15) is 4.79 Å². The molecule has 1 amide bonds. The Morgan fingerprint density at radius 3 is 2.72 bits per heavy atom. The standard InChI is InChI=1S/C21H23N5O2S/c1-4-13-29-21-22-19-18(23-24-21)14-9-6-7-10-15(14)26(17(27)5-2)20(28-19)16-11-8-12-25(16)3/h6-12,20H,4-5,13H2,1-3H3/t20-/m0/s1. The fourth-order valence-electron chi connectivity index (χ4n) is 3.33. The second-order valence-electron chi connectivity index (χ2n) is 6.75. The molecule has 0 aliphatic carbocycles. The van der Waals surface area contributed by atoms with Crippen LogP contribution in [0.2, 0.25) is 0 Å². The first-order valence-electron chi connectivity index (χ1n) is 9.70. The van der Waals surface area contributed by atoms with Gasteiger partial charge in [-0.25, -0.2) is 0 Å². The van der Waals surface area contributed by atoms with Gasteiger partial charge in [0, 0.05) is 31.0 Å². The van der Waals surface area contributed by atoms with Gasteiger partial charge in [0.25, 0.3) is 0 Å². The lowest BCUT2D eigenvalue weighted by atomic mass is 10.1. The summed E-state index contributed by atoms with van der Waals surface area (Å²) in [5.74, 6) is 1.26. The number of benzene rings is 1. The lowest BCUT2D eigenvalue weighted by molar-refractivity contribution is -0.120. The highest BCUT2D eigenvalue weighted by Gasteiger charge is 2.36. The number of para-hydroxylation sites is 1. The third kappa shape index (κ3) is 3.60. The van der Waals surface area contributed by atoms with Gasteiger partial charge in [-0.15, -0.1) is 10.2 Å². The second-order valence-corrected chi connectivity index (χ2v) is 7.81. The molecule has 2 aromatic heterocycles. The van der Waals surface area contributed by atoms with Crippen molar-refractivity contribution in [2.45, 2.75) is 38.1 Å². The predicted molar refractivity (Wildman–Crippen MR) is 113 cm³/mol. The highest BCUT2D eigenvalue weighted by Crippen LogP contribution is 2.43. The van der Waals surface area contributed by atoms with E-state index in [0.29, 0.717) is 23.2 Å². The summed E-state index contributed by atoms with van der Waals surface area (Å²) in [4.78, 5) is 19.4. The molecule has 0 saturated carbocycles. The minimum Gasteiger partial charge on any atom is -0.445 e. The molecule has 0 radical (unpaired) electrons. The van der Waals surface area contributed by atoms with Gasteiger partial charge in [-0.2, -0.15) is 4.98 Å². The molecule has 0 bridgehead atoms. The number of anilines is 1. The van der Waals surface area contributed by atoms with Crippen LogP contribution in [0.15, 0.2) is 47.8 Å². The number of hydrogen-bond donors (Lipinski definition) is 0. The van der Waals surface area contributed by atoms with Gasteiger partial charge in [0.2, 0.25) is 23.2 Å². The zero-order chi connectivity index (χ0) is 20.4. The molecule has 1 aliphatic heterocycles. The van der Waals surface area contributed by atoms with Crippen LogP contribution < -0.4 is 9.64 Å². The minimum atomic E-state index is -0.648. The maximum Gasteiger partial charge on any atom is 0.247 e. The molecule has 0 fully saturated rings. The highest BCUT2D eigenvalue weighted by atomic mass is 32.2. The molecule has 1 aromatic carbocycles. The van der Waals surface area contributed by atoms with Crippen LogP contribution in [0.1, 0.15) is 38.6 Å². The lowest BCUT2D eigenvalue weighted by Gasteiger charge is -2.30. The first-order valence-corrected chi connectivity index (χ1v) is 10.7. The minimum absolute atomic E-state index is 0.0370. The number of carbonyl (C=O) groups excluding carboxylic acids is 1. The number of carbonyl (C=O) groups is 1. The summed E-state index contributed by atoms with van der Waals surface area (Å²) in [5, 5.41) is 9.28. The SMILES string of the molecule is CCCSc1nnc2c(n1)O[C@@H](c1cccn1C)N(C(=O)CC)c1ccccc1-2. The summed E-state index contributed by atoms with van der Waals surface area (Å²) < 4.78 is 8.33. The number of fused-ring (bicyclic) bond motifs is 3. The number of aromatic nitrogens is 4. The molecule has 29 heavy (non-hydrogen) atoms. The maximum atomic E-state index is 13.0. The fraction of sp³-hybridized carbons (Fsp3) is 0.333. The van der Waals surface area contributed by atoms with Gasteiger partial charge in [-0.1, -0.05) is 43.8 Å². The lowest BCUT2D eigenvalue weighted by Crippen LogP contribution is -2.38. The van der Waals surface area contributed by atoms with E-state index in [2.05, 4.69) is 22.1 Å². The topological polar surface area (TPSA) is 73.1 Å². The number of amides is 1. The van der Waals surface area contributed by atoms with Gasteiger partial charge in [0.15, 0.2) is 5.69 Å². The number of aryl methyl sites for hydroxylation is 1. The van der Waals surface area contributed by atoms with E-state index in [0.717, 1.165) is 29.1 Å². The molecule has 1 atom stereocenters. The zero-order valence-electron chi connectivity index (χ0n) is 16.7. The molecular weight excluding hydrogens is 386 g/mol. The number of ether oxygens (including phenoxy) is 1. The molecule has 8 heteroatoms. The van der Waals surface area contributed by atoms with Gasteiger partial charge >= 0.3 is 0 Å². The van der Waals surface area contributed by atoms with Gasteiger partial charge in [0.05, 0.1) is 11.4 Å². The smallest absolute Gasteiger partial charge is 0.247 e. The van der Waals surface area contributed by atoms with E-state index in [-0.39, 0.29) is 5.91 Å². The summed E-state index contributed by atoms with van der Waals surface area (Å²) in [6.07, 6.45) is 2.65. The zero-order valence-corrected chi connectivity index (χ0v) is 17.5. The largest absolute Gasteiger partial charge is 0.445 e. The fourth-order valence-corrected chi connectivity index (χ4v) is 3.96. The molecule has 3 heterocycles. The average Bonchev–Trinajstić information content (AvgIpc) is 3.11. The van der Waals surface area contributed by atoms with E-state index in [1.54, 1.807) is 16.7 Å². The van der Waals surface area contributed by atoms with E-state index in [1.807, 2.05) is 61.1 Å². The first-order chi connectivity index (χ1) is 14.1. The predicted octanol–water partition coefficient (Wildman–Crippen LogP) is 4.21. The molecule has 4 rings (SSSR count). The summed E-state index contributed by atoms with van der Waals surface area (Å²) in [6, 6.07) is 11.6. The van der Waals surface area contributed by atoms with Crippen molar-refractivity contribution in [3.63, 3.8) is 0 Å². The van der Waals surface area contributed by atoms with Crippen molar-refractivity contribution in [2.75, 3.05) is 10.7 Å². The molecule has 0 N–H and O–H groups in total. The number of rotatable bonds is 5. The Morgan fingerprint density at radius 2 is 2.00 bits per heavy atom. The van der Waals surface area contributed by atoms with E-state index < -0.39 is 6.23 Å². The van der Waals surface area contributed by atoms with Crippen LogP contribution in [0.5, 0.6) is 5.88 Å². The van der Waals surface area contributed by atoms with Crippen molar-refractivity contribution in [1.82, 2.24) is 19.7 Å². The monoisotopic (exact) mass is 409 g/mol. The third-order valence-electron chi connectivity index (χ3n) is 4.76. The van der Waals surface area contributed by atoms with E-state index in [4.69, 9.17) is 4.74 Å². The summed E-state index contributed by atoms with van der Waals surface area (Å²) in [6.45, 7) is 3.96. The normalized spacial score (nSPS) is 15.3. The molecule has 150 valence electrons. The third-order valence-corrected chi connectivity index (χ3v) is 5.80. The highest BCUT2D eigenvalue weighted by molar-refractivity contribution is 7.99. The Bertz CT molecular complexity index is 1040. The van der Waals surface area contributed by atoms with Gasteiger partial charge in [-0.3, -0.25) is 9.69 Å². The Hall–Kier alpha value is -2.87. The van der Waals surface area contributed by atoms with Crippen LogP contribution in [0.25, 0.3) is 11.3 Å². The van der Waals surface area contributed by atoms with Gasteiger partial charge in [-0.05, 0) is 24.6 Å². The van der Waals surface area contributed by atoms with Gasteiger partial charge in [0.1, 0.15) is 0 Å². The Labute approximate surface area is 174 Å².